The predicted molar refractivity (Wildman–Crippen MR) is 175 cm³/mol. The Kier molecular flexibility index (Phi) is 8.67. The molecule has 3 aromatic rings. The number of rotatable bonds is 8. The lowest BCUT2D eigenvalue weighted by Gasteiger charge is -2.43. The average Bonchev–Trinajstić information content (AvgIpc) is 3.26. The maximum Gasteiger partial charge on any atom is 0.455 e. The van der Waals surface area contributed by atoms with Crippen molar-refractivity contribution in [2.24, 2.45) is 17.8 Å². The van der Waals surface area contributed by atoms with Gasteiger partial charge in [-0.1, -0.05) is 53.9 Å². The number of nitrogens with one attached hydrogen (secondary N) is 1. The molecule has 4 atom stereocenters. The van der Waals surface area contributed by atoms with Crippen molar-refractivity contribution in [3.63, 3.8) is 0 Å². The maximum absolute atomic E-state index is 14.0. The molecule has 3 aliphatic rings. The second kappa shape index (κ2) is 12.6. The molecule has 2 aliphatic heterocycles. The number of allylic oxidation sites excluding steroid dienone is 2. The van der Waals surface area contributed by atoms with Gasteiger partial charge in [-0.15, -0.1) is 0 Å². The van der Waals surface area contributed by atoms with Crippen LogP contribution in [0.3, 0.4) is 0 Å². The van der Waals surface area contributed by atoms with E-state index in [1.165, 1.54) is 11.0 Å². The highest BCUT2D eigenvalue weighted by Crippen LogP contribution is 2.52. The third-order valence-corrected chi connectivity index (χ3v) is 9.44. The molecule has 2 saturated heterocycles. The van der Waals surface area contributed by atoms with Crippen LogP contribution in [0, 0.1) is 17.8 Å². The van der Waals surface area contributed by atoms with E-state index in [4.69, 9.17) is 16.3 Å². The highest BCUT2D eigenvalue weighted by atomic mass is 35.5. The monoisotopic (exact) mass is 610 g/mol. The molecule has 0 unspecified atom stereocenters. The number of nitrogens with zero attached hydrogens (tertiary/aromatic N) is 1. The Labute approximate surface area is 263 Å². The molecule has 0 radical (unpaired) electrons. The summed E-state index contributed by atoms with van der Waals surface area (Å²) in [5.41, 5.74) is 6.51. The topological polar surface area (TPSA) is 99.1 Å². The second-order valence-corrected chi connectivity index (χ2v) is 12.4. The van der Waals surface area contributed by atoms with Crippen LogP contribution in [0.1, 0.15) is 45.1 Å². The highest BCUT2D eigenvalue weighted by Gasteiger charge is 2.57. The third kappa shape index (κ3) is 5.94. The average molecular weight is 611 g/mol. The number of fused-ring (bicyclic) bond motifs is 3. The van der Waals surface area contributed by atoms with Gasteiger partial charge in [-0.05, 0) is 111 Å². The SMILES string of the molecule is CCC1=C2[C@@H](CC/C(C)=C/c3ccc(O)cc3Cl)OB(O)C[C@@H]2[C@@H]2C(=O)N(c3ccc(Nc4ccccc4)cc3)C(=O)[C@@H]2C1. The summed E-state index contributed by atoms with van der Waals surface area (Å²) in [5, 5.41) is 24.3. The number of aromatic hydroxyl groups is 1. The molecule has 7 nitrogen and oxygen atoms in total. The number of phenols is 1. The first kappa shape index (κ1) is 30.2. The number of imide groups is 1. The smallest absolute Gasteiger partial charge is 0.455 e. The largest absolute Gasteiger partial charge is 0.508 e. The van der Waals surface area contributed by atoms with Crippen LogP contribution in [-0.2, 0) is 14.2 Å². The molecule has 6 rings (SSSR count). The number of halogens is 1. The molecular weight excluding hydrogens is 575 g/mol. The van der Waals surface area contributed by atoms with Gasteiger partial charge in [0.2, 0.25) is 11.8 Å². The Morgan fingerprint density at radius 1 is 1.05 bits per heavy atom. The Bertz CT molecular complexity index is 1620. The lowest BCUT2D eigenvalue weighted by Crippen LogP contribution is -2.46. The van der Waals surface area contributed by atoms with Gasteiger partial charge in [-0.25, -0.2) is 0 Å². The van der Waals surface area contributed by atoms with Crippen LogP contribution in [0.15, 0.2) is 89.5 Å². The van der Waals surface area contributed by atoms with Crippen molar-refractivity contribution in [1.82, 2.24) is 0 Å². The van der Waals surface area contributed by atoms with Crippen LogP contribution in [0.2, 0.25) is 11.3 Å². The minimum Gasteiger partial charge on any atom is -0.508 e. The van der Waals surface area contributed by atoms with E-state index in [9.17, 15) is 19.7 Å². The van der Waals surface area contributed by atoms with Crippen LogP contribution >= 0.6 is 11.6 Å². The third-order valence-electron chi connectivity index (χ3n) is 9.11. The molecule has 226 valence electrons. The first-order valence-corrected chi connectivity index (χ1v) is 15.6. The summed E-state index contributed by atoms with van der Waals surface area (Å²) in [5.74, 6) is -1.48. The number of carbonyl (C=O) groups excluding carboxylic acids is 2. The van der Waals surface area contributed by atoms with Crippen LogP contribution in [0.25, 0.3) is 6.08 Å². The van der Waals surface area contributed by atoms with Gasteiger partial charge in [0.15, 0.2) is 0 Å². The Morgan fingerprint density at radius 2 is 1.77 bits per heavy atom. The van der Waals surface area contributed by atoms with Crippen molar-refractivity contribution >= 4 is 53.7 Å². The summed E-state index contributed by atoms with van der Waals surface area (Å²) in [4.78, 5) is 29.2. The zero-order valence-corrected chi connectivity index (χ0v) is 25.6. The fraction of sp³-hybridized carbons (Fsp3) is 0.314. The molecule has 9 heteroatoms. The van der Waals surface area contributed by atoms with Gasteiger partial charge in [0.05, 0.1) is 28.6 Å². The minimum atomic E-state index is -1.01. The van der Waals surface area contributed by atoms with Gasteiger partial charge >= 0.3 is 7.12 Å². The van der Waals surface area contributed by atoms with E-state index in [2.05, 4.69) is 12.2 Å². The number of anilines is 3. The fourth-order valence-corrected chi connectivity index (χ4v) is 7.30. The molecule has 2 amide bonds. The molecule has 3 N–H and O–H groups in total. The van der Waals surface area contributed by atoms with E-state index in [-0.39, 0.29) is 29.6 Å². The summed E-state index contributed by atoms with van der Waals surface area (Å²) in [7, 11) is -1.01. The molecular formula is C35H36BClN2O5. The molecule has 0 bridgehead atoms. The number of benzene rings is 3. The second-order valence-electron chi connectivity index (χ2n) is 12.0. The number of hydrogen-bond donors (Lipinski definition) is 3. The van der Waals surface area contributed by atoms with Gasteiger partial charge in [0.25, 0.3) is 0 Å². The summed E-state index contributed by atoms with van der Waals surface area (Å²) in [6, 6.07) is 22.1. The zero-order valence-electron chi connectivity index (χ0n) is 24.9. The van der Waals surface area contributed by atoms with Crippen molar-refractivity contribution in [3.05, 3.63) is 100 Å². The molecule has 2 heterocycles. The predicted octanol–water partition coefficient (Wildman–Crippen LogP) is 7.38. The van der Waals surface area contributed by atoms with Gasteiger partial charge in [0, 0.05) is 11.4 Å². The van der Waals surface area contributed by atoms with Crippen molar-refractivity contribution < 1.29 is 24.4 Å². The maximum atomic E-state index is 14.0. The molecule has 44 heavy (non-hydrogen) atoms. The van der Waals surface area contributed by atoms with Gasteiger partial charge in [-0.3, -0.25) is 14.5 Å². The summed E-state index contributed by atoms with van der Waals surface area (Å²) in [6.45, 7) is 4.10. The van der Waals surface area contributed by atoms with E-state index in [0.717, 1.165) is 40.1 Å². The van der Waals surface area contributed by atoms with Gasteiger partial charge < -0.3 is 20.1 Å². The highest BCUT2D eigenvalue weighted by molar-refractivity contribution is 6.43. The quantitative estimate of drug-likeness (QED) is 0.140. The Hall–Kier alpha value is -3.85. The normalized spacial score (nSPS) is 23.6. The van der Waals surface area contributed by atoms with Crippen molar-refractivity contribution in [2.45, 2.75) is 52.0 Å². The van der Waals surface area contributed by atoms with E-state index in [1.807, 2.05) is 67.6 Å². The van der Waals surface area contributed by atoms with Gasteiger partial charge in [-0.2, -0.15) is 0 Å². The molecule has 0 spiro atoms. The minimum absolute atomic E-state index is 0.116. The number of phenolic OH excluding ortho intramolecular Hbond substituents is 1. The first-order chi connectivity index (χ1) is 21.2. The standard InChI is InChI=1S/C35H36BClN2O5/c1-3-22-18-28-33(35(42)39(34(28)41)26-13-11-25(12-14-26)38-24-7-5-4-6-8-24)29-20-36(43)44-31(32(22)29)16-9-21(2)17-23-10-15-27(40)19-30(23)37/h4-8,10-15,17,19,28-29,31,33,38,40,43H,3,9,16,18,20H2,1-2H3/b21-17+/t28-,29+,31-,33-/m1/s1. The zero-order chi connectivity index (χ0) is 31.0. The van der Waals surface area contributed by atoms with Crippen LogP contribution in [0.4, 0.5) is 17.1 Å². The van der Waals surface area contributed by atoms with Crippen LogP contribution in [0.5, 0.6) is 5.75 Å². The molecule has 0 saturated carbocycles. The van der Waals surface area contributed by atoms with Crippen molar-refractivity contribution in [3.8, 4) is 5.75 Å². The van der Waals surface area contributed by atoms with Crippen molar-refractivity contribution in [2.75, 3.05) is 10.2 Å². The summed E-state index contributed by atoms with van der Waals surface area (Å²) < 4.78 is 6.11. The molecule has 3 aromatic carbocycles. The van der Waals surface area contributed by atoms with E-state index in [0.29, 0.717) is 36.3 Å². The fourth-order valence-electron chi connectivity index (χ4n) is 7.07. The van der Waals surface area contributed by atoms with E-state index < -0.39 is 19.0 Å². The molecule has 2 fully saturated rings. The lowest BCUT2D eigenvalue weighted by molar-refractivity contribution is -0.122. The lowest BCUT2D eigenvalue weighted by atomic mass is 9.58. The van der Waals surface area contributed by atoms with Crippen LogP contribution < -0.4 is 10.2 Å². The molecule has 0 aromatic heterocycles. The summed E-state index contributed by atoms with van der Waals surface area (Å²) in [6.07, 6.45) is 4.53. The first-order valence-electron chi connectivity index (χ1n) is 15.2. The van der Waals surface area contributed by atoms with Gasteiger partial charge in [0.1, 0.15) is 5.75 Å². The number of para-hydroxylation sites is 1. The van der Waals surface area contributed by atoms with Crippen LogP contribution in [-0.4, -0.2) is 35.2 Å². The number of hydrogen-bond acceptors (Lipinski definition) is 6. The van der Waals surface area contributed by atoms with E-state index >= 15 is 0 Å². The molecule has 1 aliphatic carbocycles. The number of carbonyl (C=O) groups is 2. The van der Waals surface area contributed by atoms with Crippen molar-refractivity contribution in [1.29, 1.82) is 0 Å². The Morgan fingerprint density at radius 3 is 2.48 bits per heavy atom. The summed E-state index contributed by atoms with van der Waals surface area (Å²) >= 11 is 6.31. The van der Waals surface area contributed by atoms with E-state index in [1.54, 1.807) is 12.1 Å². The Balaban J connectivity index is 1.22. The number of amides is 2.